The SMILES string of the molecule is CCc1nnc(NS(=O)(=O)c2ccc(N=Cc3ccc4c(c3)OCO4)cc2)s1. The van der Waals surface area contributed by atoms with Crippen LogP contribution in [0.5, 0.6) is 11.5 Å². The number of benzene rings is 2. The third kappa shape index (κ3) is 3.97. The predicted octanol–water partition coefficient (Wildman–Crippen LogP) is 3.38. The van der Waals surface area contributed by atoms with Crippen LogP contribution in [0.2, 0.25) is 0 Å². The molecule has 0 spiro atoms. The lowest BCUT2D eigenvalue weighted by atomic mass is 10.2. The van der Waals surface area contributed by atoms with Crippen LogP contribution in [0.1, 0.15) is 17.5 Å². The molecule has 0 saturated carbocycles. The van der Waals surface area contributed by atoms with Crippen LogP contribution in [0.3, 0.4) is 0 Å². The van der Waals surface area contributed by atoms with Crippen LogP contribution < -0.4 is 14.2 Å². The summed E-state index contributed by atoms with van der Waals surface area (Å²) in [4.78, 5) is 4.49. The molecular weight excluding hydrogens is 400 g/mol. The van der Waals surface area contributed by atoms with Gasteiger partial charge in [-0.2, -0.15) is 0 Å². The fraction of sp³-hybridized carbons (Fsp3) is 0.167. The number of nitrogens with one attached hydrogen (secondary N) is 1. The van der Waals surface area contributed by atoms with E-state index in [1.165, 1.54) is 23.5 Å². The molecule has 1 aliphatic rings. The number of aromatic nitrogens is 2. The highest BCUT2D eigenvalue weighted by molar-refractivity contribution is 7.93. The number of aliphatic imine (C=N–C) groups is 1. The molecule has 0 atom stereocenters. The van der Waals surface area contributed by atoms with Gasteiger partial charge in [0, 0.05) is 6.21 Å². The van der Waals surface area contributed by atoms with Gasteiger partial charge < -0.3 is 9.47 Å². The molecule has 8 nitrogen and oxygen atoms in total. The number of rotatable bonds is 6. The number of nitrogens with zero attached hydrogens (tertiary/aromatic N) is 3. The minimum absolute atomic E-state index is 0.128. The minimum atomic E-state index is -3.72. The van der Waals surface area contributed by atoms with Crippen LogP contribution in [0.4, 0.5) is 10.8 Å². The monoisotopic (exact) mass is 416 g/mol. The second-order valence-corrected chi connectivity index (χ2v) is 8.57. The molecule has 144 valence electrons. The van der Waals surface area contributed by atoms with Crippen molar-refractivity contribution in [3.8, 4) is 11.5 Å². The largest absolute Gasteiger partial charge is 0.454 e. The van der Waals surface area contributed by atoms with Crippen molar-refractivity contribution in [3.63, 3.8) is 0 Å². The molecule has 0 amide bonds. The van der Waals surface area contributed by atoms with Gasteiger partial charge in [-0.25, -0.2) is 8.42 Å². The number of ether oxygens (including phenoxy) is 2. The van der Waals surface area contributed by atoms with Gasteiger partial charge in [-0.05, 0) is 54.4 Å². The predicted molar refractivity (Wildman–Crippen MR) is 106 cm³/mol. The second kappa shape index (κ2) is 7.56. The van der Waals surface area contributed by atoms with Crippen molar-refractivity contribution in [2.75, 3.05) is 11.5 Å². The van der Waals surface area contributed by atoms with E-state index in [2.05, 4.69) is 19.9 Å². The smallest absolute Gasteiger partial charge is 0.263 e. The Morgan fingerprint density at radius 1 is 1.14 bits per heavy atom. The van der Waals surface area contributed by atoms with Crippen molar-refractivity contribution in [2.24, 2.45) is 4.99 Å². The van der Waals surface area contributed by atoms with Crippen molar-refractivity contribution in [1.82, 2.24) is 10.2 Å². The quantitative estimate of drug-likeness (QED) is 0.618. The van der Waals surface area contributed by atoms with Gasteiger partial charge in [-0.3, -0.25) is 9.71 Å². The van der Waals surface area contributed by atoms with Gasteiger partial charge in [-0.15, -0.1) is 10.2 Å². The average Bonchev–Trinajstić information content (AvgIpc) is 3.35. The van der Waals surface area contributed by atoms with Crippen LogP contribution in [0, 0.1) is 0 Å². The lowest BCUT2D eigenvalue weighted by molar-refractivity contribution is 0.174. The molecule has 28 heavy (non-hydrogen) atoms. The summed E-state index contributed by atoms with van der Waals surface area (Å²) in [5, 5.41) is 8.77. The maximum absolute atomic E-state index is 12.5. The molecule has 0 fully saturated rings. The zero-order valence-corrected chi connectivity index (χ0v) is 16.5. The zero-order chi connectivity index (χ0) is 19.6. The van der Waals surface area contributed by atoms with Gasteiger partial charge in [0.15, 0.2) is 11.5 Å². The van der Waals surface area contributed by atoms with Crippen molar-refractivity contribution in [3.05, 3.63) is 53.0 Å². The van der Waals surface area contributed by atoms with Crippen molar-refractivity contribution < 1.29 is 17.9 Å². The van der Waals surface area contributed by atoms with E-state index in [9.17, 15) is 8.42 Å². The topological polar surface area (TPSA) is 103 Å². The molecule has 1 aliphatic heterocycles. The maximum atomic E-state index is 12.5. The van der Waals surface area contributed by atoms with Gasteiger partial charge in [0.05, 0.1) is 10.6 Å². The zero-order valence-electron chi connectivity index (χ0n) is 14.8. The molecule has 0 radical (unpaired) electrons. The number of hydrogen-bond donors (Lipinski definition) is 1. The summed E-state index contributed by atoms with van der Waals surface area (Å²) in [6.07, 6.45) is 2.38. The van der Waals surface area contributed by atoms with Crippen molar-refractivity contribution in [1.29, 1.82) is 0 Å². The first-order valence-electron chi connectivity index (χ1n) is 8.42. The first kappa shape index (κ1) is 18.4. The molecule has 3 aromatic rings. The first-order chi connectivity index (χ1) is 13.5. The standard InChI is InChI=1S/C18H16N4O4S2/c1-2-17-20-21-18(27-17)22-28(23,24)14-6-4-13(5-7-14)19-10-12-3-8-15-16(9-12)26-11-25-15/h3-10H,2,11H2,1H3,(H,21,22). The molecule has 0 bridgehead atoms. The Labute approximate surface area is 165 Å². The molecule has 1 aromatic heterocycles. The molecule has 1 N–H and O–H groups in total. The summed E-state index contributed by atoms with van der Waals surface area (Å²) in [7, 11) is -3.72. The van der Waals surface area contributed by atoms with E-state index in [1.54, 1.807) is 18.3 Å². The third-order valence-electron chi connectivity index (χ3n) is 3.90. The van der Waals surface area contributed by atoms with Crippen molar-refractivity contribution >= 4 is 38.4 Å². The highest BCUT2D eigenvalue weighted by Crippen LogP contribution is 2.32. The molecule has 0 unspecified atom stereocenters. The Bertz CT molecular complexity index is 1120. The number of anilines is 1. The Kier molecular flexibility index (Phi) is 4.97. The van der Waals surface area contributed by atoms with Crippen LogP contribution in [0.15, 0.2) is 52.4 Å². The molecule has 10 heteroatoms. The molecule has 2 heterocycles. The average molecular weight is 416 g/mol. The van der Waals surface area contributed by atoms with Crippen molar-refractivity contribution in [2.45, 2.75) is 18.2 Å². The van der Waals surface area contributed by atoms with Crippen LogP contribution in [-0.4, -0.2) is 31.6 Å². The summed E-state index contributed by atoms with van der Waals surface area (Å²) in [5.74, 6) is 1.39. The van der Waals surface area contributed by atoms with Gasteiger partial charge in [0.2, 0.25) is 11.9 Å². The van der Waals surface area contributed by atoms with E-state index >= 15 is 0 Å². The lowest BCUT2D eigenvalue weighted by Gasteiger charge is -2.04. The number of sulfonamides is 1. The van der Waals surface area contributed by atoms with E-state index in [4.69, 9.17) is 9.47 Å². The Morgan fingerprint density at radius 3 is 2.68 bits per heavy atom. The van der Waals surface area contributed by atoms with E-state index in [0.717, 1.165) is 10.6 Å². The van der Waals surface area contributed by atoms with E-state index in [-0.39, 0.29) is 16.8 Å². The van der Waals surface area contributed by atoms with E-state index < -0.39 is 10.0 Å². The van der Waals surface area contributed by atoms with Crippen LogP contribution >= 0.6 is 11.3 Å². The van der Waals surface area contributed by atoms with Gasteiger partial charge in [0.25, 0.3) is 10.0 Å². The summed E-state index contributed by atoms with van der Waals surface area (Å²) in [6, 6.07) is 11.8. The summed E-state index contributed by atoms with van der Waals surface area (Å²) in [6.45, 7) is 2.15. The lowest BCUT2D eigenvalue weighted by Crippen LogP contribution is -2.12. The fourth-order valence-electron chi connectivity index (χ4n) is 2.47. The summed E-state index contributed by atoms with van der Waals surface area (Å²) in [5.41, 5.74) is 1.48. The number of hydrogen-bond acceptors (Lipinski definition) is 8. The highest BCUT2D eigenvalue weighted by atomic mass is 32.2. The third-order valence-corrected chi connectivity index (χ3v) is 6.36. The first-order valence-corrected chi connectivity index (χ1v) is 10.7. The van der Waals surface area contributed by atoms with Crippen LogP contribution in [0.25, 0.3) is 0 Å². The van der Waals surface area contributed by atoms with E-state index in [1.807, 2.05) is 25.1 Å². The van der Waals surface area contributed by atoms with Gasteiger partial charge >= 0.3 is 0 Å². The summed E-state index contributed by atoms with van der Waals surface area (Å²) >= 11 is 1.22. The van der Waals surface area contributed by atoms with Gasteiger partial charge in [-0.1, -0.05) is 18.3 Å². The molecular formula is C18H16N4O4S2. The summed E-state index contributed by atoms with van der Waals surface area (Å²) < 4.78 is 38.0. The normalized spacial score (nSPS) is 13.2. The molecule has 0 saturated heterocycles. The minimum Gasteiger partial charge on any atom is -0.454 e. The van der Waals surface area contributed by atoms with E-state index in [0.29, 0.717) is 23.6 Å². The molecule has 2 aromatic carbocycles. The maximum Gasteiger partial charge on any atom is 0.263 e. The molecule has 0 aliphatic carbocycles. The van der Waals surface area contributed by atoms with Gasteiger partial charge in [0.1, 0.15) is 5.01 Å². The second-order valence-electron chi connectivity index (χ2n) is 5.82. The highest BCUT2D eigenvalue weighted by Gasteiger charge is 2.16. The number of fused-ring (bicyclic) bond motifs is 1. The van der Waals surface area contributed by atoms with Crippen LogP contribution in [-0.2, 0) is 16.4 Å². The number of aryl methyl sites for hydroxylation is 1. The fourth-order valence-corrected chi connectivity index (χ4v) is 4.38. The Hall–Kier alpha value is -2.98. The Balaban J connectivity index is 1.47. The Morgan fingerprint density at radius 2 is 1.93 bits per heavy atom. The molecule has 4 rings (SSSR count).